The van der Waals surface area contributed by atoms with Gasteiger partial charge in [0.2, 0.25) is 11.8 Å². The molecule has 0 spiro atoms. The fourth-order valence-corrected chi connectivity index (χ4v) is 2.38. The Bertz CT molecular complexity index is 789. The second kappa shape index (κ2) is 8.99. The van der Waals surface area contributed by atoms with Crippen molar-refractivity contribution < 1.29 is 9.59 Å². The Hall–Kier alpha value is -2.66. The largest absolute Gasteiger partial charge is 0.326 e. The Balaban J connectivity index is 1.80. The number of hydrazone groups is 1. The van der Waals surface area contributed by atoms with Crippen LogP contribution in [-0.2, 0) is 9.59 Å². The highest BCUT2D eigenvalue weighted by atomic mass is 35.5. The second-order valence-electron chi connectivity index (χ2n) is 5.61. The number of halogens is 1. The summed E-state index contributed by atoms with van der Waals surface area (Å²) in [7, 11) is 0. The maximum absolute atomic E-state index is 12.0. The van der Waals surface area contributed by atoms with Crippen molar-refractivity contribution in [1.29, 1.82) is 0 Å². The zero-order valence-electron chi connectivity index (χ0n) is 14.2. The number of anilines is 1. The molecule has 0 saturated heterocycles. The van der Waals surface area contributed by atoms with Crippen LogP contribution in [-0.4, -0.2) is 17.5 Å². The molecular weight excluding hydrogens is 338 g/mol. The van der Waals surface area contributed by atoms with E-state index in [2.05, 4.69) is 15.8 Å². The third kappa shape index (κ3) is 6.04. The Kier molecular flexibility index (Phi) is 6.71. The van der Waals surface area contributed by atoms with Crippen LogP contribution in [0.1, 0.15) is 30.9 Å². The molecule has 2 aromatic rings. The van der Waals surface area contributed by atoms with E-state index in [0.717, 1.165) is 11.1 Å². The van der Waals surface area contributed by atoms with E-state index in [1.54, 1.807) is 18.2 Å². The summed E-state index contributed by atoms with van der Waals surface area (Å²) in [4.78, 5) is 23.8. The average molecular weight is 358 g/mol. The molecule has 2 amide bonds. The van der Waals surface area contributed by atoms with Gasteiger partial charge < -0.3 is 5.32 Å². The molecule has 5 nitrogen and oxygen atoms in total. The van der Waals surface area contributed by atoms with Crippen molar-refractivity contribution in [2.45, 2.75) is 26.7 Å². The van der Waals surface area contributed by atoms with Crippen molar-refractivity contribution in [3.05, 3.63) is 64.7 Å². The summed E-state index contributed by atoms with van der Waals surface area (Å²) in [6, 6.07) is 14.8. The van der Waals surface area contributed by atoms with Crippen LogP contribution in [0, 0.1) is 6.92 Å². The molecule has 25 heavy (non-hydrogen) atoms. The van der Waals surface area contributed by atoms with Crippen molar-refractivity contribution in [3.8, 4) is 0 Å². The summed E-state index contributed by atoms with van der Waals surface area (Å²) in [6.45, 7) is 3.67. The first-order valence-corrected chi connectivity index (χ1v) is 8.28. The molecule has 0 aliphatic carbocycles. The van der Waals surface area contributed by atoms with Crippen LogP contribution in [0.3, 0.4) is 0 Å². The van der Waals surface area contributed by atoms with E-state index in [0.29, 0.717) is 16.4 Å². The summed E-state index contributed by atoms with van der Waals surface area (Å²) in [5, 5.41) is 7.43. The number of rotatable bonds is 6. The number of hydrogen-bond donors (Lipinski definition) is 2. The van der Waals surface area contributed by atoms with Crippen LogP contribution >= 0.6 is 11.6 Å². The lowest BCUT2D eigenvalue weighted by molar-refractivity contribution is -0.124. The molecule has 2 aromatic carbocycles. The molecule has 0 atom stereocenters. The first-order chi connectivity index (χ1) is 12.0. The first-order valence-electron chi connectivity index (χ1n) is 7.90. The van der Waals surface area contributed by atoms with Gasteiger partial charge in [0.25, 0.3) is 0 Å². The molecule has 0 radical (unpaired) electrons. The topological polar surface area (TPSA) is 70.6 Å². The first kappa shape index (κ1) is 18.7. The Labute approximate surface area is 152 Å². The third-order valence-corrected chi connectivity index (χ3v) is 3.82. The van der Waals surface area contributed by atoms with E-state index in [1.165, 1.54) is 0 Å². The van der Waals surface area contributed by atoms with Gasteiger partial charge in [0, 0.05) is 23.6 Å². The molecular formula is C19H20ClN3O2. The number of carbonyl (C=O) groups excluding carboxylic acids is 2. The molecule has 0 saturated carbocycles. The lowest BCUT2D eigenvalue weighted by Gasteiger charge is -2.08. The highest BCUT2D eigenvalue weighted by molar-refractivity contribution is 6.30. The van der Waals surface area contributed by atoms with Crippen molar-refractivity contribution in [2.24, 2.45) is 5.10 Å². The molecule has 2 N–H and O–H groups in total. The number of nitrogens with zero attached hydrogens (tertiary/aromatic N) is 1. The average Bonchev–Trinajstić information content (AvgIpc) is 2.61. The Morgan fingerprint density at radius 1 is 1.04 bits per heavy atom. The number of hydrogen-bond acceptors (Lipinski definition) is 3. The van der Waals surface area contributed by atoms with Gasteiger partial charge in [-0.05, 0) is 43.2 Å². The molecule has 0 fully saturated rings. The fraction of sp³-hybridized carbons (Fsp3) is 0.211. The quantitative estimate of drug-likeness (QED) is 0.607. The van der Waals surface area contributed by atoms with Gasteiger partial charge >= 0.3 is 0 Å². The van der Waals surface area contributed by atoms with Crippen molar-refractivity contribution in [1.82, 2.24) is 5.43 Å². The van der Waals surface area contributed by atoms with Crippen LogP contribution in [0.2, 0.25) is 5.02 Å². The maximum Gasteiger partial charge on any atom is 0.240 e. The van der Waals surface area contributed by atoms with Crippen LogP contribution in [0.25, 0.3) is 0 Å². The normalized spacial score (nSPS) is 11.1. The number of amides is 2. The molecule has 0 aliphatic rings. The molecule has 0 unspecified atom stereocenters. The van der Waals surface area contributed by atoms with E-state index in [1.807, 2.05) is 44.2 Å². The van der Waals surface area contributed by atoms with Gasteiger partial charge in [0.05, 0.1) is 5.71 Å². The zero-order chi connectivity index (χ0) is 18.2. The predicted molar refractivity (Wildman–Crippen MR) is 101 cm³/mol. The minimum atomic E-state index is -0.307. The van der Waals surface area contributed by atoms with Crippen LogP contribution in [0.4, 0.5) is 5.69 Å². The van der Waals surface area contributed by atoms with Crippen LogP contribution in [0.5, 0.6) is 0 Å². The molecule has 0 aromatic heterocycles. The SMILES string of the molecule is C/C(=N\NC(=O)CCC(=O)Nc1ccc(Cl)cc1C)c1ccccc1. The van der Waals surface area contributed by atoms with E-state index >= 15 is 0 Å². The van der Waals surface area contributed by atoms with Gasteiger partial charge in [0.15, 0.2) is 0 Å². The monoisotopic (exact) mass is 357 g/mol. The van der Waals surface area contributed by atoms with E-state index in [4.69, 9.17) is 11.6 Å². The lowest BCUT2D eigenvalue weighted by atomic mass is 10.1. The van der Waals surface area contributed by atoms with E-state index in [-0.39, 0.29) is 24.7 Å². The zero-order valence-corrected chi connectivity index (χ0v) is 14.9. The van der Waals surface area contributed by atoms with Crippen molar-refractivity contribution in [3.63, 3.8) is 0 Å². The molecule has 6 heteroatoms. The maximum atomic E-state index is 12.0. The Morgan fingerprint density at radius 3 is 2.40 bits per heavy atom. The van der Waals surface area contributed by atoms with Gasteiger partial charge in [-0.3, -0.25) is 9.59 Å². The number of benzene rings is 2. The standard InChI is InChI=1S/C19H20ClN3O2/c1-13-12-16(20)8-9-17(13)21-18(24)10-11-19(25)23-22-14(2)15-6-4-3-5-7-15/h3-9,12H,10-11H2,1-2H3,(H,21,24)(H,23,25)/b22-14+. The minimum absolute atomic E-state index is 0.0596. The summed E-state index contributed by atoms with van der Waals surface area (Å²) < 4.78 is 0. The summed E-state index contributed by atoms with van der Waals surface area (Å²) in [5.74, 6) is -0.539. The number of carbonyl (C=O) groups is 2. The molecule has 0 heterocycles. The third-order valence-electron chi connectivity index (χ3n) is 3.58. The van der Waals surface area contributed by atoms with Crippen LogP contribution < -0.4 is 10.7 Å². The van der Waals surface area contributed by atoms with Gasteiger partial charge in [-0.15, -0.1) is 0 Å². The predicted octanol–water partition coefficient (Wildman–Crippen LogP) is 3.91. The van der Waals surface area contributed by atoms with Gasteiger partial charge in [-0.25, -0.2) is 5.43 Å². The smallest absolute Gasteiger partial charge is 0.240 e. The molecule has 0 aliphatic heterocycles. The van der Waals surface area contributed by atoms with Gasteiger partial charge in [0.1, 0.15) is 0 Å². The highest BCUT2D eigenvalue weighted by Gasteiger charge is 2.08. The lowest BCUT2D eigenvalue weighted by Crippen LogP contribution is -2.22. The molecule has 130 valence electrons. The van der Waals surface area contributed by atoms with Crippen LogP contribution in [0.15, 0.2) is 53.6 Å². The minimum Gasteiger partial charge on any atom is -0.326 e. The van der Waals surface area contributed by atoms with Gasteiger partial charge in [-0.2, -0.15) is 5.10 Å². The Morgan fingerprint density at radius 2 is 1.72 bits per heavy atom. The number of aryl methyl sites for hydroxylation is 1. The molecule has 0 bridgehead atoms. The summed E-state index contributed by atoms with van der Waals surface area (Å²) in [5.41, 5.74) is 5.66. The fourth-order valence-electron chi connectivity index (χ4n) is 2.15. The highest BCUT2D eigenvalue weighted by Crippen LogP contribution is 2.19. The van der Waals surface area contributed by atoms with Gasteiger partial charge in [-0.1, -0.05) is 41.9 Å². The number of nitrogens with one attached hydrogen (secondary N) is 2. The second-order valence-corrected chi connectivity index (χ2v) is 6.04. The van der Waals surface area contributed by atoms with Crippen molar-refractivity contribution >= 4 is 34.8 Å². The molecule has 2 rings (SSSR count). The van der Waals surface area contributed by atoms with E-state index in [9.17, 15) is 9.59 Å². The van der Waals surface area contributed by atoms with Crippen molar-refractivity contribution in [2.75, 3.05) is 5.32 Å². The summed E-state index contributed by atoms with van der Waals surface area (Å²) in [6.07, 6.45) is 0.137. The summed E-state index contributed by atoms with van der Waals surface area (Å²) >= 11 is 5.88. The van der Waals surface area contributed by atoms with E-state index < -0.39 is 0 Å².